The molecule has 9 heteroatoms. The monoisotopic (exact) mass is 382 g/mol. The molecule has 0 spiro atoms. The van der Waals surface area contributed by atoms with Crippen LogP contribution >= 0.6 is 0 Å². The molecule has 0 radical (unpaired) electrons. The minimum atomic E-state index is -3.13. The largest absolute Gasteiger partial charge is 0.465 e. The van der Waals surface area contributed by atoms with Crippen molar-refractivity contribution in [1.82, 2.24) is 4.90 Å². The first-order chi connectivity index (χ1) is 12.3. The predicted molar refractivity (Wildman–Crippen MR) is 95.5 cm³/mol. The average Bonchev–Trinajstić information content (AvgIpc) is 2.94. The van der Waals surface area contributed by atoms with Crippen LogP contribution in [0.15, 0.2) is 24.3 Å². The molecular formula is C17H22N2O6S. The SMILES string of the molecule is CCN(C(=O)CC(=O)Nc1ccccc1C(=O)OC)C1CCS(=O)(=O)C1. The average molecular weight is 382 g/mol. The Bertz CT molecular complexity index is 805. The summed E-state index contributed by atoms with van der Waals surface area (Å²) < 4.78 is 27.9. The van der Waals surface area contributed by atoms with Crippen LogP contribution in [-0.4, -0.2) is 62.3 Å². The first kappa shape index (κ1) is 19.9. The van der Waals surface area contributed by atoms with Gasteiger partial charge in [-0.15, -0.1) is 0 Å². The number of carbonyl (C=O) groups excluding carboxylic acids is 3. The lowest BCUT2D eigenvalue weighted by atomic mass is 10.1. The Labute approximate surface area is 152 Å². The molecule has 1 aliphatic rings. The second-order valence-corrected chi connectivity index (χ2v) is 8.23. The van der Waals surface area contributed by atoms with Crippen LogP contribution in [0.2, 0.25) is 0 Å². The second-order valence-electron chi connectivity index (χ2n) is 6.00. The third-order valence-corrected chi connectivity index (χ3v) is 5.98. The van der Waals surface area contributed by atoms with Gasteiger partial charge in [0.1, 0.15) is 6.42 Å². The fourth-order valence-corrected chi connectivity index (χ4v) is 4.70. The molecule has 2 amide bonds. The molecule has 26 heavy (non-hydrogen) atoms. The van der Waals surface area contributed by atoms with Gasteiger partial charge >= 0.3 is 5.97 Å². The first-order valence-electron chi connectivity index (χ1n) is 8.24. The van der Waals surface area contributed by atoms with Crippen molar-refractivity contribution in [2.75, 3.05) is 30.5 Å². The number of hydrogen-bond donors (Lipinski definition) is 1. The van der Waals surface area contributed by atoms with Crippen molar-refractivity contribution in [3.8, 4) is 0 Å². The molecule has 142 valence electrons. The molecule has 0 saturated carbocycles. The van der Waals surface area contributed by atoms with Crippen LogP contribution in [0.25, 0.3) is 0 Å². The summed E-state index contributed by atoms with van der Waals surface area (Å²) in [5.41, 5.74) is 0.439. The van der Waals surface area contributed by atoms with Gasteiger partial charge in [-0.2, -0.15) is 0 Å². The Balaban J connectivity index is 2.03. The van der Waals surface area contributed by atoms with E-state index in [1.165, 1.54) is 24.1 Å². The highest BCUT2D eigenvalue weighted by Crippen LogP contribution is 2.19. The van der Waals surface area contributed by atoms with Crippen molar-refractivity contribution in [3.63, 3.8) is 0 Å². The zero-order chi connectivity index (χ0) is 19.3. The van der Waals surface area contributed by atoms with Gasteiger partial charge in [0.25, 0.3) is 0 Å². The summed E-state index contributed by atoms with van der Waals surface area (Å²) in [7, 11) is -1.89. The maximum absolute atomic E-state index is 12.4. The van der Waals surface area contributed by atoms with Crippen LogP contribution in [0.4, 0.5) is 5.69 Å². The minimum Gasteiger partial charge on any atom is -0.465 e. The molecular weight excluding hydrogens is 360 g/mol. The molecule has 1 unspecified atom stereocenters. The lowest BCUT2D eigenvalue weighted by Crippen LogP contribution is -2.42. The molecule has 1 fully saturated rings. The Hall–Kier alpha value is -2.42. The number of esters is 1. The third kappa shape index (κ3) is 4.81. The normalized spacial score (nSPS) is 18.2. The van der Waals surface area contributed by atoms with Gasteiger partial charge < -0.3 is 15.0 Å². The van der Waals surface area contributed by atoms with E-state index in [-0.39, 0.29) is 22.8 Å². The van der Waals surface area contributed by atoms with Crippen LogP contribution in [0.5, 0.6) is 0 Å². The van der Waals surface area contributed by atoms with Crippen molar-refractivity contribution in [2.45, 2.75) is 25.8 Å². The Morgan fingerprint density at radius 1 is 1.27 bits per heavy atom. The number of nitrogens with one attached hydrogen (secondary N) is 1. The first-order valence-corrected chi connectivity index (χ1v) is 10.1. The maximum Gasteiger partial charge on any atom is 0.339 e. The number of carbonyl (C=O) groups is 3. The van der Waals surface area contributed by atoms with E-state index in [9.17, 15) is 22.8 Å². The van der Waals surface area contributed by atoms with Crippen LogP contribution < -0.4 is 5.32 Å². The lowest BCUT2D eigenvalue weighted by molar-refractivity contribution is -0.135. The van der Waals surface area contributed by atoms with E-state index in [4.69, 9.17) is 0 Å². The maximum atomic E-state index is 12.4. The van der Waals surface area contributed by atoms with Crippen molar-refractivity contribution in [3.05, 3.63) is 29.8 Å². The van der Waals surface area contributed by atoms with Crippen molar-refractivity contribution >= 4 is 33.3 Å². The van der Waals surface area contributed by atoms with Crippen LogP contribution in [-0.2, 0) is 24.2 Å². The van der Waals surface area contributed by atoms with Crippen LogP contribution in [0.3, 0.4) is 0 Å². The van der Waals surface area contributed by atoms with Crippen LogP contribution in [0, 0.1) is 0 Å². The zero-order valence-electron chi connectivity index (χ0n) is 14.7. The summed E-state index contributed by atoms with van der Waals surface area (Å²) >= 11 is 0. The molecule has 0 bridgehead atoms. The van der Waals surface area contributed by atoms with Gasteiger partial charge in [0.2, 0.25) is 11.8 Å². The van der Waals surface area contributed by atoms with E-state index in [1.54, 1.807) is 19.1 Å². The molecule has 8 nitrogen and oxygen atoms in total. The molecule has 1 saturated heterocycles. The van der Waals surface area contributed by atoms with Gasteiger partial charge in [-0.05, 0) is 25.5 Å². The molecule has 1 N–H and O–H groups in total. The van der Waals surface area contributed by atoms with Gasteiger partial charge in [0.05, 0.1) is 29.9 Å². The molecule has 2 rings (SSSR count). The molecule has 0 aliphatic carbocycles. The molecule has 1 heterocycles. The molecule has 1 aromatic rings. The fraction of sp³-hybridized carbons (Fsp3) is 0.471. The summed E-state index contributed by atoms with van der Waals surface area (Å²) in [6.45, 7) is 2.07. The fourth-order valence-electron chi connectivity index (χ4n) is 2.97. The Morgan fingerprint density at radius 2 is 1.96 bits per heavy atom. The van der Waals surface area contributed by atoms with Gasteiger partial charge in [0, 0.05) is 12.6 Å². The number of sulfone groups is 1. The van der Waals surface area contributed by atoms with Gasteiger partial charge in [-0.1, -0.05) is 12.1 Å². The molecule has 1 aliphatic heterocycles. The van der Waals surface area contributed by atoms with Gasteiger partial charge in [0.15, 0.2) is 9.84 Å². The molecule has 1 atom stereocenters. The smallest absolute Gasteiger partial charge is 0.339 e. The number of benzene rings is 1. The molecule has 0 aromatic heterocycles. The quantitative estimate of drug-likeness (QED) is 0.577. The van der Waals surface area contributed by atoms with Crippen molar-refractivity contribution in [2.24, 2.45) is 0 Å². The van der Waals surface area contributed by atoms with Gasteiger partial charge in [-0.3, -0.25) is 9.59 Å². The van der Waals surface area contributed by atoms with Crippen LogP contribution in [0.1, 0.15) is 30.1 Å². The topological polar surface area (TPSA) is 110 Å². The number of hydrogen-bond acceptors (Lipinski definition) is 6. The highest BCUT2D eigenvalue weighted by atomic mass is 32.2. The zero-order valence-corrected chi connectivity index (χ0v) is 15.5. The lowest BCUT2D eigenvalue weighted by Gasteiger charge is -2.26. The van der Waals surface area contributed by atoms with Gasteiger partial charge in [-0.25, -0.2) is 13.2 Å². The number of nitrogens with zero attached hydrogens (tertiary/aromatic N) is 1. The Morgan fingerprint density at radius 3 is 2.54 bits per heavy atom. The summed E-state index contributed by atoms with van der Waals surface area (Å²) in [5, 5.41) is 2.54. The Kier molecular flexibility index (Phi) is 6.36. The predicted octanol–water partition coefficient (Wildman–Crippen LogP) is 0.837. The third-order valence-electron chi connectivity index (χ3n) is 4.23. The minimum absolute atomic E-state index is 0.0557. The number of amides is 2. The highest BCUT2D eigenvalue weighted by Gasteiger charge is 2.34. The molecule has 1 aromatic carbocycles. The van der Waals surface area contributed by atoms with E-state index in [2.05, 4.69) is 10.1 Å². The summed E-state index contributed by atoms with van der Waals surface area (Å²) in [4.78, 5) is 37.8. The van der Waals surface area contributed by atoms with E-state index < -0.39 is 40.1 Å². The van der Waals surface area contributed by atoms with E-state index in [0.717, 1.165) is 0 Å². The summed E-state index contributed by atoms with van der Waals surface area (Å²) in [6, 6.07) is 5.92. The number of methoxy groups -OCH3 is 1. The number of rotatable bonds is 6. The van der Waals surface area contributed by atoms with E-state index >= 15 is 0 Å². The summed E-state index contributed by atoms with van der Waals surface area (Å²) in [6.07, 6.45) is -0.0470. The number of ether oxygens (including phenoxy) is 1. The standard InChI is InChI=1S/C17H22N2O6S/c1-3-19(12-8-9-26(23,24)11-12)16(21)10-15(20)18-14-7-5-4-6-13(14)17(22)25-2/h4-7,12H,3,8-11H2,1-2H3,(H,18,20). The van der Waals surface area contributed by atoms with E-state index in [0.29, 0.717) is 13.0 Å². The second kappa shape index (κ2) is 8.31. The number of anilines is 1. The number of para-hydroxylation sites is 1. The highest BCUT2D eigenvalue weighted by molar-refractivity contribution is 7.91. The van der Waals surface area contributed by atoms with E-state index in [1.807, 2.05) is 0 Å². The van der Waals surface area contributed by atoms with Crippen molar-refractivity contribution < 1.29 is 27.5 Å². The summed E-state index contributed by atoms with van der Waals surface area (Å²) in [5.74, 6) is -1.63. The van der Waals surface area contributed by atoms with Crippen molar-refractivity contribution in [1.29, 1.82) is 0 Å².